The predicted octanol–water partition coefficient (Wildman–Crippen LogP) is 3.33. The van der Waals surface area contributed by atoms with Crippen LogP contribution in [0.1, 0.15) is 22.4 Å². The number of nitrogens with zero attached hydrogens (tertiary/aromatic N) is 2. The summed E-state index contributed by atoms with van der Waals surface area (Å²) >= 11 is 1.17. The molecule has 5 rings (SSSR count). The number of carbonyl (C=O) groups excluding carboxylic acids is 1. The van der Waals surface area contributed by atoms with Gasteiger partial charge in [-0.05, 0) is 30.3 Å². The average Bonchev–Trinajstić information content (AvgIpc) is 3.26. The van der Waals surface area contributed by atoms with E-state index in [-0.39, 0.29) is 18.1 Å². The molecule has 0 bridgehead atoms. The van der Waals surface area contributed by atoms with Gasteiger partial charge in [-0.2, -0.15) is 0 Å². The van der Waals surface area contributed by atoms with Crippen LogP contribution in [0.25, 0.3) is 0 Å². The molecule has 0 fully saturated rings. The van der Waals surface area contributed by atoms with Crippen molar-refractivity contribution in [3.05, 3.63) is 53.9 Å². The molecular weight excluding hydrogens is 396 g/mol. The maximum absolute atomic E-state index is 12.5. The van der Waals surface area contributed by atoms with Gasteiger partial charge in [0.05, 0.1) is 5.75 Å². The van der Waals surface area contributed by atoms with E-state index in [4.69, 9.17) is 23.4 Å². The molecule has 2 aliphatic heterocycles. The summed E-state index contributed by atoms with van der Waals surface area (Å²) in [6.45, 7) is 1.26. The van der Waals surface area contributed by atoms with Crippen LogP contribution in [-0.4, -0.2) is 41.6 Å². The number of fused-ring (bicyclic) bond motifs is 2. The quantitative estimate of drug-likeness (QED) is 0.462. The van der Waals surface area contributed by atoms with Gasteiger partial charge in [-0.25, -0.2) is 0 Å². The maximum Gasteiger partial charge on any atom is 0.277 e. The fraction of sp³-hybridized carbons (Fsp3) is 0.250. The molecule has 8 nitrogen and oxygen atoms in total. The van der Waals surface area contributed by atoms with Crippen molar-refractivity contribution in [2.45, 2.75) is 11.3 Å². The van der Waals surface area contributed by atoms with Gasteiger partial charge in [0.2, 0.25) is 6.10 Å². The molecule has 0 spiro atoms. The monoisotopic (exact) mass is 412 g/mol. The van der Waals surface area contributed by atoms with Crippen LogP contribution < -0.4 is 18.9 Å². The standard InChI is InChI=1S/C20H16N2O6S/c23-13(12-5-6-15-17(9-12)25-8-7-24-15)11-29-20-22-21-19(28-20)18-10-26-14-3-1-2-4-16(14)27-18/h1-6,9,18H,7-8,10-11H2/t18-/m0/s1. The number of ether oxygens (including phenoxy) is 4. The second-order valence-corrected chi connectivity index (χ2v) is 7.27. The van der Waals surface area contributed by atoms with Crippen LogP contribution in [0.3, 0.4) is 0 Å². The molecule has 1 atom stereocenters. The van der Waals surface area contributed by atoms with Gasteiger partial charge in [0.15, 0.2) is 28.8 Å². The highest BCUT2D eigenvalue weighted by Crippen LogP contribution is 2.36. The molecule has 1 aromatic heterocycles. The number of rotatable bonds is 5. The third kappa shape index (κ3) is 3.73. The third-order valence-electron chi connectivity index (χ3n) is 4.40. The minimum absolute atomic E-state index is 0.0714. The van der Waals surface area contributed by atoms with Crippen LogP contribution in [0.5, 0.6) is 23.0 Å². The fourth-order valence-corrected chi connectivity index (χ4v) is 3.64. The number of ketones is 1. The molecule has 0 radical (unpaired) electrons. The number of Topliss-reactive ketones (excluding diaryl/α,β-unsaturated/α-hetero) is 1. The average molecular weight is 412 g/mol. The van der Waals surface area contributed by atoms with Crippen LogP contribution in [0, 0.1) is 0 Å². The van der Waals surface area contributed by atoms with E-state index in [1.165, 1.54) is 11.8 Å². The Morgan fingerprint density at radius 3 is 2.66 bits per heavy atom. The number of hydrogen-bond donors (Lipinski definition) is 0. The van der Waals surface area contributed by atoms with Crippen molar-refractivity contribution in [3.63, 3.8) is 0 Å². The Labute approximate surface area is 170 Å². The van der Waals surface area contributed by atoms with Gasteiger partial charge in [-0.3, -0.25) is 4.79 Å². The highest BCUT2D eigenvalue weighted by molar-refractivity contribution is 7.99. The zero-order chi connectivity index (χ0) is 19.6. The molecular formula is C20H16N2O6S. The summed E-state index contributed by atoms with van der Waals surface area (Å²) < 4.78 is 28.2. The molecule has 0 saturated heterocycles. The summed E-state index contributed by atoms with van der Waals surface area (Å²) in [5.41, 5.74) is 0.544. The number of carbonyl (C=O) groups is 1. The maximum atomic E-state index is 12.5. The van der Waals surface area contributed by atoms with E-state index in [1.807, 2.05) is 24.3 Å². The number of hydrogen-bond acceptors (Lipinski definition) is 9. The van der Waals surface area contributed by atoms with Crippen molar-refractivity contribution < 1.29 is 28.2 Å². The molecule has 0 aliphatic carbocycles. The number of para-hydroxylation sites is 2. The third-order valence-corrected chi connectivity index (χ3v) is 5.22. The molecule has 3 aromatic rings. The number of aromatic nitrogens is 2. The molecule has 2 aliphatic rings. The SMILES string of the molecule is O=C(CSc1nnc([C@@H]2COc3ccccc3O2)o1)c1ccc2c(c1)OCCO2. The van der Waals surface area contributed by atoms with Crippen molar-refractivity contribution >= 4 is 17.5 Å². The first-order valence-corrected chi connectivity index (χ1v) is 10.0. The largest absolute Gasteiger partial charge is 0.486 e. The molecule has 148 valence electrons. The van der Waals surface area contributed by atoms with Crippen LogP contribution in [0.4, 0.5) is 0 Å². The van der Waals surface area contributed by atoms with Crippen LogP contribution in [0.15, 0.2) is 52.1 Å². The minimum atomic E-state index is -0.486. The Kier molecular flexibility index (Phi) is 4.73. The van der Waals surface area contributed by atoms with Crippen molar-refractivity contribution in [2.75, 3.05) is 25.6 Å². The summed E-state index contributed by atoms with van der Waals surface area (Å²) in [5, 5.41) is 8.33. The van der Waals surface area contributed by atoms with Gasteiger partial charge in [0.25, 0.3) is 11.1 Å². The predicted molar refractivity (Wildman–Crippen MR) is 102 cm³/mol. The van der Waals surface area contributed by atoms with Crippen LogP contribution in [0.2, 0.25) is 0 Å². The molecule has 29 heavy (non-hydrogen) atoms. The summed E-state index contributed by atoms with van der Waals surface area (Å²) in [4.78, 5) is 12.5. The molecule has 9 heteroatoms. The molecule has 0 unspecified atom stereocenters. The minimum Gasteiger partial charge on any atom is -0.486 e. The second kappa shape index (κ2) is 7.67. The first-order valence-electron chi connectivity index (χ1n) is 9.04. The summed E-state index contributed by atoms with van der Waals surface area (Å²) in [7, 11) is 0. The normalized spacial score (nSPS) is 17.0. The first-order chi connectivity index (χ1) is 14.3. The fourth-order valence-electron chi connectivity index (χ4n) is 2.98. The number of benzene rings is 2. The highest BCUT2D eigenvalue weighted by Gasteiger charge is 2.27. The zero-order valence-corrected chi connectivity index (χ0v) is 16.0. The van der Waals surface area contributed by atoms with E-state index in [0.717, 1.165) is 0 Å². The van der Waals surface area contributed by atoms with Crippen LogP contribution >= 0.6 is 11.8 Å². The van der Waals surface area contributed by atoms with Crippen molar-refractivity contribution in [3.8, 4) is 23.0 Å². The van der Waals surface area contributed by atoms with Gasteiger partial charge >= 0.3 is 0 Å². The van der Waals surface area contributed by atoms with E-state index < -0.39 is 6.10 Å². The van der Waals surface area contributed by atoms with Gasteiger partial charge in [0.1, 0.15) is 19.8 Å². The Morgan fingerprint density at radius 1 is 0.966 bits per heavy atom. The molecule has 0 N–H and O–H groups in total. The Morgan fingerprint density at radius 2 is 1.76 bits per heavy atom. The number of thioether (sulfide) groups is 1. The molecule has 0 saturated carbocycles. The summed E-state index contributed by atoms with van der Waals surface area (Å²) in [6, 6.07) is 12.6. The second-order valence-electron chi connectivity index (χ2n) is 6.34. The topological polar surface area (TPSA) is 92.9 Å². The van der Waals surface area contributed by atoms with Gasteiger partial charge < -0.3 is 23.4 Å². The lowest BCUT2D eigenvalue weighted by Gasteiger charge is -2.23. The van der Waals surface area contributed by atoms with E-state index in [0.29, 0.717) is 52.9 Å². The highest BCUT2D eigenvalue weighted by atomic mass is 32.2. The van der Waals surface area contributed by atoms with Crippen molar-refractivity contribution in [2.24, 2.45) is 0 Å². The lowest BCUT2D eigenvalue weighted by atomic mass is 10.1. The summed E-state index contributed by atoms with van der Waals surface area (Å²) in [5.74, 6) is 2.95. The van der Waals surface area contributed by atoms with E-state index in [1.54, 1.807) is 18.2 Å². The van der Waals surface area contributed by atoms with Crippen molar-refractivity contribution in [1.29, 1.82) is 0 Å². The molecule has 3 heterocycles. The lowest BCUT2D eigenvalue weighted by molar-refractivity contribution is 0.0686. The Bertz CT molecular complexity index is 1050. The van der Waals surface area contributed by atoms with E-state index in [2.05, 4.69) is 10.2 Å². The van der Waals surface area contributed by atoms with Crippen LogP contribution in [-0.2, 0) is 0 Å². The molecule has 2 aromatic carbocycles. The zero-order valence-electron chi connectivity index (χ0n) is 15.2. The van der Waals surface area contributed by atoms with Gasteiger partial charge in [-0.1, -0.05) is 23.9 Å². The van der Waals surface area contributed by atoms with Gasteiger partial charge in [0, 0.05) is 5.56 Å². The van der Waals surface area contributed by atoms with E-state index in [9.17, 15) is 4.79 Å². The van der Waals surface area contributed by atoms with Crippen molar-refractivity contribution in [1.82, 2.24) is 10.2 Å². The first kappa shape index (κ1) is 17.9. The van der Waals surface area contributed by atoms with Gasteiger partial charge in [-0.15, -0.1) is 10.2 Å². The Hall–Kier alpha value is -3.20. The lowest BCUT2D eigenvalue weighted by Crippen LogP contribution is -2.21. The van der Waals surface area contributed by atoms with E-state index >= 15 is 0 Å². The Balaban J connectivity index is 1.21. The summed E-state index contributed by atoms with van der Waals surface area (Å²) in [6.07, 6.45) is -0.486. The molecule has 0 amide bonds. The smallest absolute Gasteiger partial charge is 0.277 e.